The molecule has 0 aliphatic carbocycles. The van der Waals surface area contributed by atoms with Gasteiger partial charge in [0.25, 0.3) is 5.91 Å². The molecule has 7 heteroatoms. The summed E-state index contributed by atoms with van der Waals surface area (Å²) in [7, 11) is 3.06. The smallest absolute Gasteiger partial charge is 0.269 e. The molecule has 0 atom stereocenters. The normalized spacial score (nSPS) is 15.2. The second-order valence-corrected chi connectivity index (χ2v) is 4.98. The summed E-state index contributed by atoms with van der Waals surface area (Å²) in [5.41, 5.74) is 6.47. The number of ether oxygens (including phenoxy) is 3. The van der Waals surface area contributed by atoms with Crippen LogP contribution in [0.2, 0.25) is 0 Å². The summed E-state index contributed by atoms with van der Waals surface area (Å²) in [4.78, 5) is 13.9. The molecule has 1 aromatic rings. The van der Waals surface area contributed by atoms with E-state index in [1.165, 1.54) is 13.2 Å². The van der Waals surface area contributed by atoms with Crippen LogP contribution in [0.5, 0.6) is 11.5 Å². The lowest BCUT2D eigenvalue weighted by Crippen LogP contribution is -2.42. The Morgan fingerprint density at radius 1 is 1.30 bits per heavy atom. The zero-order chi connectivity index (χ0) is 16.8. The minimum Gasteiger partial charge on any atom is -0.497 e. The third-order valence-corrected chi connectivity index (χ3v) is 3.54. The molecule has 1 aromatic carbocycles. The van der Waals surface area contributed by atoms with Gasteiger partial charge in [-0.2, -0.15) is 0 Å². The SMILES string of the molecule is COc1ccc(OC)c(C(=N)C=C(N)C(=O)N2CCOCC2)c1. The number of amides is 1. The van der Waals surface area contributed by atoms with Crippen LogP contribution in [0, 0.1) is 5.41 Å². The quantitative estimate of drug-likeness (QED) is 0.617. The zero-order valence-electron chi connectivity index (χ0n) is 13.3. The second-order valence-electron chi connectivity index (χ2n) is 4.98. The number of rotatable bonds is 5. The van der Waals surface area contributed by atoms with Gasteiger partial charge in [-0.05, 0) is 24.3 Å². The molecule has 0 bridgehead atoms. The summed E-state index contributed by atoms with van der Waals surface area (Å²) in [6.45, 7) is 2.01. The number of nitrogens with two attached hydrogens (primary N) is 1. The lowest BCUT2D eigenvalue weighted by atomic mass is 10.1. The topological polar surface area (TPSA) is 97.9 Å². The largest absolute Gasteiger partial charge is 0.497 e. The molecule has 7 nitrogen and oxygen atoms in total. The highest BCUT2D eigenvalue weighted by Crippen LogP contribution is 2.24. The number of benzene rings is 1. The van der Waals surface area contributed by atoms with Gasteiger partial charge in [0.2, 0.25) is 0 Å². The number of hydrogen-bond acceptors (Lipinski definition) is 6. The highest BCUT2D eigenvalue weighted by molar-refractivity contribution is 6.12. The Balaban J connectivity index is 2.20. The van der Waals surface area contributed by atoms with Gasteiger partial charge < -0.3 is 30.3 Å². The Kier molecular flexibility index (Phi) is 5.59. The predicted octanol–water partition coefficient (Wildman–Crippen LogP) is 0.773. The number of nitrogens with one attached hydrogen (secondary N) is 1. The van der Waals surface area contributed by atoms with Gasteiger partial charge in [-0.15, -0.1) is 0 Å². The number of morpholine rings is 1. The Bertz CT molecular complexity index is 622. The summed E-state index contributed by atoms with van der Waals surface area (Å²) in [6, 6.07) is 5.11. The Morgan fingerprint density at radius 2 is 2.00 bits per heavy atom. The molecule has 1 amide bonds. The lowest BCUT2D eigenvalue weighted by Gasteiger charge is -2.26. The molecule has 1 aliphatic rings. The minimum absolute atomic E-state index is 0.0155. The highest BCUT2D eigenvalue weighted by atomic mass is 16.5. The van der Waals surface area contributed by atoms with Crippen molar-refractivity contribution in [1.82, 2.24) is 4.90 Å². The molecule has 1 aliphatic heterocycles. The fraction of sp³-hybridized carbons (Fsp3) is 0.375. The van der Waals surface area contributed by atoms with Crippen molar-refractivity contribution in [3.63, 3.8) is 0 Å². The van der Waals surface area contributed by atoms with Crippen LogP contribution in [0.15, 0.2) is 30.0 Å². The van der Waals surface area contributed by atoms with Crippen molar-refractivity contribution in [2.24, 2.45) is 5.73 Å². The van der Waals surface area contributed by atoms with Gasteiger partial charge in [0.1, 0.15) is 11.5 Å². The lowest BCUT2D eigenvalue weighted by molar-refractivity contribution is -0.131. The summed E-state index contributed by atoms with van der Waals surface area (Å²) in [6.07, 6.45) is 1.34. The fourth-order valence-electron chi connectivity index (χ4n) is 2.27. The molecule has 23 heavy (non-hydrogen) atoms. The Hall–Kier alpha value is -2.54. The summed E-state index contributed by atoms with van der Waals surface area (Å²) in [5.74, 6) is 0.815. The molecule has 124 valence electrons. The number of methoxy groups -OCH3 is 2. The predicted molar refractivity (Wildman–Crippen MR) is 86.0 cm³/mol. The van der Waals surface area contributed by atoms with Gasteiger partial charge in [0, 0.05) is 18.7 Å². The van der Waals surface area contributed by atoms with E-state index < -0.39 is 0 Å². The summed E-state index contributed by atoms with van der Waals surface area (Å²) >= 11 is 0. The van der Waals surface area contributed by atoms with Crippen LogP contribution in [-0.2, 0) is 9.53 Å². The van der Waals surface area contributed by atoms with Gasteiger partial charge in [-0.25, -0.2) is 0 Å². The highest BCUT2D eigenvalue weighted by Gasteiger charge is 2.19. The number of carbonyl (C=O) groups is 1. The molecule has 1 fully saturated rings. The van der Waals surface area contributed by atoms with E-state index in [0.29, 0.717) is 43.4 Å². The van der Waals surface area contributed by atoms with Crippen LogP contribution in [-0.4, -0.2) is 57.0 Å². The van der Waals surface area contributed by atoms with E-state index >= 15 is 0 Å². The van der Waals surface area contributed by atoms with E-state index in [4.69, 9.17) is 25.4 Å². The van der Waals surface area contributed by atoms with Crippen LogP contribution in [0.1, 0.15) is 5.56 Å². The fourth-order valence-corrected chi connectivity index (χ4v) is 2.27. The molecular formula is C16H21N3O4. The Labute approximate surface area is 135 Å². The third-order valence-electron chi connectivity index (χ3n) is 3.54. The molecule has 1 heterocycles. The third kappa shape index (κ3) is 4.01. The molecule has 2 rings (SSSR count). The van der Waals surface area contributed by atoms with Gasteiger partial charge in [0.15, 0.2) is 0 Å². The summed E-state index contributed by atoms with van der Waals surface area (Å²) in [5, 5.41) is 8.20. The van der Waals surface area contributed by atoms with Crippen molar-refractivity contribution in [2.45, 2.75) is 0 Å². The van der Waals surface area contributed by atoms with Crippen LogP contribution in [0.25, 0.3) is 0 Å². The van der Waals surface area contributed by atoms with Gasteiger partial charge in [-0.1, -0.05) is 0 Å². The zero-order valence-corrected chi connectivity index (χ0v) is 13.3. The number of allylic oxidation sites excluding steroid dienone is 1. The van der Waals surface area contributed by atoms with Crippen molar-refractivity contribution in [3.8, 4) is 11.5 Å². The molecule has 0 spiro atoms. The number of carbonyl (C=O) groups excluding carboxylic acids is 1. The molecule has 1 saturated heterocycles. The van der Waals surface area contributed by atoms with E-state index in [9.17, 15) is 4.79 Å². The van der Waals surface area contributed by atoms with E-state index in [2.05, 4.69) is 0 Å². The molecule has 0 radical (unpaired) electrons. The van der Waals surface area contributed by atoms with Crippen molar-refractivity contribution in [2.75, 3.05) is 40.5 Å². The minimum atomic E-state index is -0.292. The first-order valence-electron chi connectivity index (χ1n) is 7.22. The number of hydrogen-bond donors (Lipinski definition) is 2. The first kappa shape index (κ1) is 16.8. The maximum Gasteiger partial charge on any atom is 0.269 e. The second kappa shape index (κ2) is 7.64. The average Bonchev–Trinajstić information content (AvgIpc) is 2.61. The van der Waals surface area contributed by atoms with Crippen LogP contribution in [0.4, 0.5) is 0 Å². The van der Waals surface area contributed by atoms with Crippen LogP contribution in [0.3, 0.4) is 0 Å². The first-order valence-corrected chi connectivity index (χ1v) is 7.22. The van der Waals surface area contributed by atoms with Crippen LogP contribution < -0.4 is 15.2 Å². The van der Waals surface area contributed by atoms with E-state index in [-0.39, 0.29) is 17.3 Å². The van der Waals surface area contributed by atoms with Crippen molar-refractivity contribution < 1.29 is 19.0 Å². The van der Waals surface area contributed by atoms with Crippen molar-refractivity contribution in [3.05, 3.63) is 35.5 Å². The van der Waals surface area contributed by atoms with Crippen molar-refractivity contribution in [1.29, 1.82) is 5.41 Å². The molecule has 0 aromatic heterocycles. The molecular weight excluding hydrogens is 298 g/mol. The summed E-state index contributed by atoms with van der Waals surface area (Å²) < 4.78 is 15.6. The monoisotopic (exact) mass is 319 g/mol. The van der Waals surface area contributed by atoms with Crippen molar-refractivity contribution >= 4 is 11.6 Å². The molecule has 0 saturated carbocycles. The maximum atomic E-state index is 12.3. The Morgan fingerprint density at radius 3 is 2.61 bits per heavy atom. The maximum absolute atomic E-state index is 12.3. The average molecular weight is 319 g/mol. The van der Waals surface area contributed by atoms with Gasteiger partial charge in [-0.3, -0.25) is 4.79 Å². The van der Waals surface area contributed by atoms with Crippen LogP contribution >= 0.6 is 0 Å². The van der Waals surface area contributed by atoms with E-state index in [0.717, 1.165) is 0 Å². The van der Waals surface area contributed by atoms with Gasteiger partial charge >= 0.3 is 0 Å². The van der Waals surface area contributed by atoms with Gasteiger partial charge in [0.05, 0.1) is 38.8 Å². The standard InChI is InChI=1S/C16H21N3O4/c1-21-11-3-4-15(22-2)12(9-11)13(17)10-14(18)16(20)19-5-7-23-8-6-19/h3-4,9-10,17H,5-8,18H2,1-2H3. The number of nitrogens with zero attached hydrogens (tertiary/aromatic N) is 1. The van der Waals surface area contributed by atoms with E-state index in [1.54, 1.807) is 30.2 Å². The molecule has 0 unspecified atom stereocenters. The first-order chi connectivity index (χ1) is 11.1. The van der Waals surface area contributed by atoms with E-state index in [1.807, 2.05) is 0 Å². The molecule has 3 N–H and O–H groups in total.